The maximum Gasteiger partial charge on any atom is 0.240 e. The van der Waals surface area contributed by atoms with Gasteiger partial charge >= 0.3 is 0 Å². The molecule has 0 spiro atoms. The van der Waals surface area contributed by atoms with Crippen LogP contribution < -0.4 is 4.72 Å². The molecular formula is C15H23NO3S. The monoisotopic (exact) mass is 297 g/mol. The van der Waals surface area contributed by atoms with E-state index >= 15 is 0 Å². The van der Waals surface area contributed by atoms with E-state index in [1.165, 1.54) is 0 Å². The summed E-state index contributed by atoms with van der Waals surface area (Å²) in [6.07, 6.45) is 3.19. The van der Waals surface area contributed by atoms with Gasteiger partial charge in [0.05, 0.1) is 11.0 Å². The molecule has 0 aliphatic heterocycles. The lowest BCUT2D eigenvalue weighted by Gasteiger charge is -2.26. The van der Waals surface area contributed by atoms with Crippen LogP contribution in [0.5, 0.6) is 0 Å². The fraction of sp³-hybridized carbons (Fsp3) is 0.600. The van der Waals surface area contributed by atoms with Gasteiger partial charge in [0, 0.05) is 6.54 Å². The fourth-order valence-electron chi connectivity index (χ4n) is 2.75. The topological polar surface area (TPSA) is 66.4 Å². The molecule has 1 aliphatic carbocycles. The van der Waals surface area contributed by atoms with E-state index in [9.17, 15) is 13.5 Å². The van der Waals surface area contributed by atoms with Gasteiger partial charge in [-0.2, -0.15) is 0 Å². The van der Waals surface area contributed by atoms with E-state index < -0.39 is 10.0 Å². The van der Waals surface area contributed by atoms with Gasteiger partial charge in [0.2, 0.25) is 10.0 Å². The van der Waals surface area contributed by atoms with Crippen LogP contribution in [0.1, 0.15) is 36.8 Å². The number of aryl methyl sites for hydroxylation is 2. The first-order valence-electron chi connectivity index (χ1n) is 7.13. The van der Waals surface area contributed by atoms with Crippen molar-refractivity contribution in [2.45, 2.75) is 50.5 Å². The van der Waals surface area contributed by atoms with Gasteiger partial charge in [0.15, 0.2) is 0 Å². The highest BCUT2D eigenvalue weighted by atomic mass is 32.2. The second-order valence-corrected chi connectivity index (χ2v) is 7.54. The Hall–Kier alpha value is -0.910. The third kappa shape index (κ3) is 3.81. The summed E-state index contributed by atoms with van der Waals surface area (Å²) in [7, 11) is -3.46. The Labute approximate surface area is 121 Å². The molecule has 2 N–H and O–H groups in total. The Morgan fingerprint density at radius 3 is 2.75 bits per heavy atom. The predicted molar refractivity (Wildman–Crippen MR) is 79.1 cm³/mol. The SMILES string of the molecule is Cc1ccc(C)c(S(=O)(=O)NCC2CCCC(O)C2)c1. The van der Waals surface area contributed by atoms with Crippen molar-refractivity contribution in [1.82, 2.24) is 4.72 Å². The highest BCUT2D eigenvalue weighted by Crippen LogP contribution is 2.24. The molecular weight excluding hydrogens is 274 g/mol. The zero-order valence-electron chi connectivity index (χ0n) is 12.1. The molecule has 1 aromatic carbocycles. The van der Waals surface area contributed by atoms with Crippen LogP contribution in [0.2, 0.25) is 0 Å². The van der Waals surface area contributed by atoms with Gasteiger partial charge in [0.1, 0.15) is 0 Å². The zero-order chi connectivity index (χ0) is 14.8. The van der Waals surface area contributed by atoms with Gasteiger partial charge in [-0.3, -0.25) is 0 Å². The van der Waals surface area contributed by atoms with E-state index in [0.717, 1.165) is 30.4 Å². The molecule has 0 aromatic heterocycles. The summed E-state index contributed by atoms with van der Waals surface area (Å²) < 4.78 is 27.4. The van der Waals surface area contributed by atoms with E-state index in [1.54, 1.807) is 13.0 Å². The Balaban J connectivity index is 2.05. The molecule has 1 fully saturated rings. The number of hydrogen-bond donors (Lipinski definition) is 2. The molecule has 5 heteroatoms. The first-order valence-corrected chi connectivity index (χ1v) is 8.62. The molecule has 0 bridgehead atoms. The lowest BCUT2D eigenvalue weighted by Crippen LogP contribution is -2.33. The molecule has 1 aliphatic rings. The van der Waals surface area contributed by atoms with Crippen LogP contribution in [0.25, 0.3) is 0 Å². The van der Waals surface area contributed by atoms with Crippen LogP contribution in [-0.4, -0.2) is 26.2 Å². The van der Waals surface area contributed by atoms with Crippen molar-refractivity contribution in [1.29, 1.82) is 0 Å². The van der Waals surface area contributed by atoms with Crippen LogP contribution in [-0.2, 0) is 10.0 Å². The minimum absolute atomic E-state index is 0.235. The van der Waals surface area contributed by atoms with E-state index in [4.69, 9.17) is 0 Å². The second kappa shape index (κ2) is 6.24. The second-order valence-electron chi connectivity index (χ2n) is 5.81. The van der Waals surface area contributed by atoms with Gasteiger partial charge in [-0.1, -0.05) is 18.6 Å². The smallest absolute Gasteiger partial charge is 0.240 e. The summed E-state index contributed by atoms with van der Waals surface area (Å²) in [5.41, 5.74) is 1.69. The van der Waals surface area contributed by atoms with Crippen molar-refractivity contribution in [2.24, 2.45) is 5.92 Å². The number of nitrogens with one attached hydrogen (secondary N) is 1. The molecule has 0 radical (unpaired) electrons. The number of rotatable bonds is 4. The largest absolute Gasteiger partial charge is 0.393 e. The number of hydrogen-bond acceptors (Lipinski definition) is 3. The lowest BCUT2D eigenvalue weighted by atomic mass is 9.87. The van der Waals surface area contributed by atoms with Crippen LogP contribution >= 0.6 is 0 Å². The predicted octanol–water partition coefficient (Wildman–Crippen LogP) is 2.13. The molecule has 1 saturated carbocycles. The first kappa shape index (κ1) is 15.5. The minimum atomic E-state index is -3.46. The van der Waals surface area contributed by atoms with Crippen molar-refractivity contribution < 1.29 is 13.5 Å². The Bertz CT molecular complexity index is 568. The van der Waals surface area contributed by atoms with E-state index in [0.29, 0.717) is 17.9 Å². The summed E-state index contributed by atoms with van der Waals surface area (Å²) in [5.74, 6) is 0.235. The summed E-state index contributed by atoms with van der Waals surface area (Å²) in [5, 5.41) is 9.63. The van der Waals surface area contributed by atoms with Crippen molar-refractivity contribution in [3.63, 3.8) is 0 Å². The Morgan fingerprint density at radius 2 is 2.05 bits per heavy atom. The standard InChI is InChI=1S/C15H23NO3S/c1-11-6-7-12(2)15(8-11)20(18,19)16-10-13-4-3-5-14(17)9-13/h6-8,13-14,16-17H,3-5,9-10H2,1-2H3. The molecule has 4 nitrogen and oxygen atoms in total. The van der Waals surface area contributed by atoms with E-state index in [1.807, 2.05) is 19.1 Å². The van der Waals surface area contributed by atoms with Gasteiger partial charge in [-0.15, -0.1) is 0 Å². The maximum atomic E-state index is 12.4. The molecule has 112 valence electrons. The third-order valence-corrected chi connectivity index (χ3v) is 5.52. The molecule has 0 heterocycles. The van der Waals surface area contributed by atoms with Crippen LogP contribution in [0.15, 0.2) is 23.1 Å². The average Bonchev–Trinajstić information content (AvgIpc) is 2.39. The van der Waals surface area contributed by atoms with Gasteiger partial charge in [0.25, 0.3) is 0 Å². The van der Waals surface area contributed by atoms with Crippen LogP contribution in [0.3, 0.4) is 0 Å². The number of sulfonamides is 1. The fourth-order valence-corrected chi connectivity index (χ4v) is 4.19. The number of aliphatic hydroxyl groups is 1. The maximum absolute atomic E-state index is 12.4. The van der Waals surface area contributed by atoms with Crippen molar-refractivity contribution in [3.05, 3.63) is 29.3 Å². The molecule has 2 rings (SSSR count). The molecule has 0 saturated heterocycles. The van der Waals surface area contributed by atoms with Crippen LogP contribution in [0.4, 0.5) is 0 Å². The van der Waals surface area contributed by atoms with Crippen LogP contribution in [0, 0.1) is 19.8 Å². The highest BCUT2D eigenvalue weighted by Gasteiger charge is 2.23. The summed E-state index contributed by atoms with van der Waals surface area (Å²) in [6.45, 7) is 4.10. The number of benzene rings is 1. The summed E-state index contributed by atoms with van der Waals surface area (Å²) in [6, 6.07) is 5.44. The summed E-state index contributed by atoms with van der Waals surface area (Å²) in [4.78, 5) is 0.355. The van der Waals surface area contributed by atoms with Crippen molar-refractivity contribution in [2.75, 3.05) is 6.54 Å². The third-order valence-electron chi connectivity index (χ3n) is 3.95. The summed E-state index contributed by atoms with van der Waals surface area (Å²) >= 11 is 0. The molecule has 2 unspecified atom stereocenters. The van der Waals surface area contributed by atoms with Gasteiger partial charge < -0.3 is 5.11 Å². The zero-order valence-corrected chi connectivity index (χ0v) is 12.9. The van der Waals surface area contributed by atoms with Gasteiger partial charge in [-0.25, -0.2) is 13.1 Å². The normalized spacial score (nSPS) is 23.8. The Kier molecular flexibility index (Phi) is 4.83. The molecule has 20 heavy (non-hydrogen) atoms. The highest BCUT2D eigenvalue weighted by molar-refractivity contribution is 7.89. The lowest BCUT2D eigenvalue weighted by molar-refractivity contribution is 0.102. The quantitative estimate of drug-likeness (QED) is 0.894. The minimum Gasteiger partial charge on any atom is -0.393 e. The Morgan fingerprint density at radius 1 is 1.30 bits per heavy atom. The van der Waals surface area contributed by atoms with Crippen molar-refractivity contribution >= 4 is 10.0 Å². The average molecular weight is 297 g/mol. The van der Waals surface area contributed by atoms with E-state index in [-0.39, 0.29) is 12.0 Å². The molecule has 1 aromatic rings. The van der Waals surface area contributed by atoms with Crippen molar-refractivity contribution in [3.8, 4) is 0 Å². The number of aliphatic hydroxyl groups excluding tert-OH is 1. The first-order chi connectivity index (χ1) is 9.38. The molecule has 0 amide bonds. The van der Waals surface area contributed by atoms with E-state index in [2.05, 4.69) is 4.72 Å². The van der Waals surface area contributed by atoms with Gasteiger partial charge in [-0.05, 0) is 56.2 Å². The molecule has 2 atom stereocenters.